The maximum atomic E-state index is 13.5. The molecule has 0 bridgehead atoms. The fraction of sp³-hybridized carbons (Fsp3) is 0.605. The van der Waals surface area contributed by atoms with Gasteiger partial charge in [-0.3, -0.25) is 4.79 Å². The normalized spacial score (nSPS) is 25.0. The fourth-order valence-electron chi connectivity index (χ4n) is 7.13. The van der Waals surface area contributed by atoms with Crippen LogP contribution in [0, 0.1) is 23.7 Å². The molecule has 2 fully saturated rings. The van der Waals surface area contributed by atoms with Crippen LogP contribution in [0.1, 0.15) is 74.4 Å². The van der Waals surface area contributed by atoms with Gasteiger partial charge in [-0.1, -0.05) is 44.0 Å². The molecule has 1 saturated heterocycles. The number of nitrogens with one attached hydrogen (secondary N) is 1. The number of carbonyl (C=O) groups excluding carboxylic acids is 1. The predicted molar refractivity (Wildman–Crippen MR) is 196 cm³/mol. The smallest absolute Gasteiger partial charge is 0.264 e. The molecular formula is C38H54ClN3O6S. The predicted octanol–water partition coefficient (Wildman–Crippen LogP) is 6.69. The number of halogens is 1. The van der Waals surface area contributed by atoms with E-state index >= 15 is 0 Å². The second-order valence-electron chi connectivity index (χ2n) is 14.3. The van der Waals surface area contributed by atoms with E-state index in [4.69, 9.17) is 25.8 Å². The summed E-state index contributed by atoms with van der Waals surface area (Å²) in [4.78, 5) is 18.0. The van der Waals surface area contributed by atoms with Crippen LogP contribution in [-0.2, 0) is 32.5 Å². The molecule has 5 rings (SSSR count). The highest BCUT2D eigenvalue weighted by atomic mass is 35.5. The first-order valence-corrected chi connectivity index (χ1v) is 19.7. The Hall–Kier alpha value is -2.63. The van der Waals surface area contributed by atoms with Crippen LogP contribution < -0.4 is 14.4 Å². The number of ether oxygens (including phenoxy) is 3. The third-order valence-corrected chi connectivity index (χ3v) is 13.2. The zero-order chi connectivity index (χ0) is 35.3. The molecule has 270 valence electrons. The van der Waals surface area contributed by atoms with Gasteiger partial charge < -0.3 is 24.0 Å². The van der Waals surface area contributed by atoms with Crippen LogP contribution in [0.15, 0.2) is 49.1 Å². The number of likely N-dealkylation sites (N-methyl/N-ethyl adjacent to an activating group) is 1. The standard InChI is InChI=1S/C38H54ClN3O6S/c1-7-25(3)26(4)49(44,45)40-37(43)28-14-17-36-35(20-28)42(18-10-9-11-27-19-31(39)15-12-30(27)22-46-36)21-29-13-16-34(29)33(8-2)38-47-23-32(24-48-38)41(5)6/h8,12,14-15,17,19-20,25-26,29,32-34,38H,2,7,9-11,13,16,18,21-24H2,1,3-6H3,(H,40,43)/t25-,26+,29-,32?,33-,34+,38?/m0/s1. The number of rotatable bonds is 11. The van der Waals surface area contributed by atoms with E-state index in [-0.39, 0.29) is 29.7 Å². The van der Waals surface area contributed by atoms with Gasteiger partial charge in [-0.2, -0.15) is 0 Å². The summed E-state index contributed by atoms with van der Waals surface area (Å²) < 4.78 is 47.5. The third-order valence-electron chi connectivity index (χ3n) is 11.1. The van der Waals surface area contributed by atoms with Crippen molar-refractivity contribution in [2.75, 3.05) is 45.3 Å². The van der Waals surface area contributed by atoms with Gasteiger partial charge in [-0.05, 0) is 112 Å². The monoisotopic (exact) mass is 715 g/mol. The van der Waals surface area contributed by atoms with Crippen molar-refractivity contribution in [1.29, 1.82) is 0 Å². The number of hydrogen-bond acceptors (Lipinski definition) is 8. The number of anilines is 1. The van der Waals surface area contributed by atoms with E-state index in [0.29, 0.717) is 48.8 Å². The maximum absolute atomic E-state index is 13.5. The lowest BCUT2D eigenvalue weighted by Crippen LogP contribution is -2.50. The molecule has 1 N–H and O–H groups in total. The second-order valence-corrected chi connectivity index (χ2v) is 16.8. The number of benzene rings is 2. The highest BCUT2D eigenvalue weighted by Crippen LogP contribution is 2.45. The molecule has 2 heterocycles. The minimum absolute atomic E-state index is 0.0654. The minimum atomic E-state index is -3.86. The van der Waals surface area contributed by atoms with E-state index in [9.17, 15) is 13.2 Å². The van der Waals surface area contributed by atoms with Crippen LogP contribution in [0.2, 0.25) is 5.02 Å². The van der Waals surface area contributed by atoms with Crippen LogP contribution >= 0.6 is 11.6 Å². The van der Waals surface area contributed by atoms with Crippen LogP contribution in [0.5, 0.6) is 5.75 Å². The summed E-state index contributed by atoms with van der Waals surface area (Å²) in [7, 11) is 0.215. The molecule has 0 aromatic heterocycles. The quantitative estimate of drug-likeness (QED) is 0.257. The molecular weight excluding hydrogens is 662 g/mol. The lowest BCUT2D eigenvalue weighted by atomic mass is 9.66. The Bertz CT molecular complexity index is 1560. The van der Waals surface area contributed by atoms with E-state index in [1.807, 2.05) is 52.2 Å². The van der Waals surface area contributed by atoms with Gasteiger partial charge in [0.1, 0.15) is 12.4 Å². The van der Waals surface area contributed by atoms with Crippen LogP contribution in [0.25, 0.3) is 0 Å². The van der Waals surface area contributed by atoms with Crippen molar-refractivity contribution >= 4 is 33.2 Å². The first-order valence-electron chi connectivity index (χ1n) is 17.8. The Morgan fingerprint density at radius 1 is 1.10 bits per heavy atom. The number of amides is 1. The molecule has 9 nitrogen and oxygen atoms in total. The molecule has 2 aliphatic heterocycles. The Morgan fingerprint density at radius 2 is 1.86 bits per heavy atom. The van der Waals surface area contributed by atoms with Crippen LogP contribution in [0.3, 0.4) is 0 Å². The summed E-state index contributed by atoms with van der Waals surface area (Å²) in [6.07, 6.45) is 7.26. The second kappa shape index (κ2) is 16.6. The van der Waals surface area contributed by atoms with Crippen molar-refractivity contribution < 1.29 is 27.4 Å². The molecule has 2 aromatic carbocycles. The average molecular weight is 716 g/mol. The van der Waals surface area contributed by atoms with Crippen LogP contribution in [0.4, 0.5) is 5.69 Å². The topological polar surface area (TPSA) is 97.4 Å². The molecule has 5 atom stereocenters. The van der Waals surface area contributed by atoms with Gasteiger partial charge in [0.25, 0.3) is 5.91 Å². The lowest BCUT2D eigenvalue weighted by molar-refractivity contribution is -0.230. The van der Waals surface area contributed by atoms with Gasteiger partial charge in [0.2, 0.25) is 10.0 Å². The Balaban J connectivity index is 1.41. The van der Waals surface area contributed by atoms with Crippen LogP contribution in [-0.4, -0.2) is 77.2 Å². The summed E-state index contributed by atoms with van der Waals surface area (Å²) in [6.45, 7) is 12.8. The maximum Gasteiger partial charge on any atom is 0.264 e. The van der Waals surface area contributed by atoms with Gasteiger partial charge in [-0.15, -0.1) is 6.58 Å². The number of nitrogens with zero attached hydrogens (tertiary/aromatic N) is 2. The van der Waals surface area contributed by atoms with Gasteiger partial charge >= 0.3 is 0 Å². The van der Waals surface area contributed by atoms with Gasteiger partial charge in [0.15, 0.2) is 6.29 Å². The Morgan fingerprint density at radius 3 is 2.51 bits per heavy atom. The zero-order valence-corrected chi connectivity index (χ0v) is 31.3. The van der Waals surface area contributed by atoms with Crippen molar-refractivity contribution in [3.8, 4) is 5.75 Å². The fourth-order valence-corrected chi connectivity index (χ4v) is 8.69. The summed E-state index contributed by atoms with van der Waals surface area (Å²) >= 11 is 6.37. The molecule has 49 heavy (non-hydrogen) atoms. The highest BCUT2D eigenvalue weighted by molar-refractivity contribution is 7.90. The zero-order valence-electron chi connectivity index (χ0n) is 29.7. The van der Waals surface area contributed by atoms with Gasteiger partial charge in [0, 0.05) is 29.6 Å². The number of carbonyl (C=O) groups is 1. The molecule has 0 spiro atoms. The molecule has 0 unspecified atom stereocenters. The Kier molecular flexibility index (Phi) is 12.7. The SMILES string of the molecule is C=C[C@H](C1OCC(N(C)C)CO1)[C@@H]1CC[C@H]1CN1CCCCc2cc(Cl)ccc2COc2ccc(C(=O)NS(=O)(=O)[C@H](C)[C@@H](C)CC)cc21. The van der Waals surface area contributed by atoms with Crippen molar-refractivity contribution in [3.63, 3.8) is 0 Å². The molecule has 1 amide bonds. The summed E-state index contributed by atoms with van der Waals surface area (Å²) in [5.41, 5.74) is 3.32. The number of fused-ring (bicyclic) bond motifs is 2. The Labute approximate surface area is 298 Å². The highest BCUT2D eigenvalue weighted by Gasteiger charge is 2.42. The van der Waals surface area contributed by atoms with Crippen molar-refractivity contribution in [2.24, 2.45) is 23.7 Å². The molecule has 0 radical (unpaired) electrons. The molecule has 11 heteroatoms. The number of aryl methyl sites for hydroxylation is 1. The third kappa shape index (κ3) is 9.00. The van der Waals surface area contributed by atoms with Gasteiger partial charge in [0.05, 0.1) is 30.2 Å². The molecule has 1 aliphatic carbocycles. The van der Waals surface area contributed by atoms with E-state index in [1.54, 1.807) is 25.1 Å². The lowest BCUT2D eigenvalue weighted by Gasteiger charge is -2.47. The first kappa shape index (κ1) is 37.6. The van der Waals surface area contributed by atoms with E-state index in [0.717, 1.165) is 56.4 Å². The largest absolute Gasteiger partial charge is 0.487 e. The van der Waals surface area contributed by atoms with Gasteiger partial charge in [-0.25, -0.2) is 13.1 Å². The molecule has 3 aliphatic rings. The molecule has 1 saturated carbocycles. The van der Waals surface area contributed by atoms with E-state index in [2.05, 4.69) is 21.1 Å². The van der Waals surface area contributed by atoms with Crippen molar-refractivity contribution in [2.45, 2.75) is 83.5 Å². The molecule has 2 aromatic rings. The van der Waals surface area contributed by atoms with Crippen molar-refractivity contribution in [3.05, 3.63) is 70.8 Å². The van der Waals surface area contributed by atoms with E-state index in [1.165, 1.54) is 5.56 Å². The first-order chi connectivity index (χ1) is 23.4. The van der Waals surface area contributed by atoms with E-state index < -0.39 is 21.2 Å². The average Bonchev–Trinajstić information content (AvgIpc) is 3.11. The minimum Gasteiger partial charge on any atom is -0.487 e. The number of hydrogen-bond donors (Lipinski definition) is 1. The van der Waals surface area contributed by atoms with Crippen molar-refractivity contribution in [1.82, 2.24) is 9.62 Å². The summed E-state index contributed by atoms with van der Waals surface area (Å²) in [5.74, 6) is 0.683. The summed E-state index contributed by atoms with van der Waals surface area (Å²) in [5, 5.41) is 0.00862. The number of sulfonamides is 1. The summed E-state index contributed by atoms with van der Waals surface area (Å²) in [6, 6.07) is 11.4.